The maximum Gasteiger partial charge on any atom is 0.269 e. The van der Waals surface area contributed by atoms with Gasteiger partial charge in [0.15, 0.2) is 5.11 Å². The fraction of sp³-hybridized carbons (Fsp3) is 0.0455. The Labute approximate surface area is 188 Å². The number of nitrogens with zero attached hydrogens (tertiary/aromatic N) is 1. The summed E-state index contributed by atoms with van der Waals surface area (Å²) in [6, 6.07) is 21.6. The molecule has 0 spiro atoms. The summed E-state index contributed by atoms with van der Waals surface area (Å²) in [5, 5.41) is 3.90. The number of rotatable bonds is 5. The Hall–Kier alpha value is -3.62. The number of nitrogens with one attached hydrogen (secondary N) is 4. The number of carbonyl (C=O) groups excluding carboxylic acids is 1. The zero-order valence-corrected chi connectivity index (χ0v) is 17.8. The molecule has 4 aromatic rings. The molecule has 0 aliphatic heterocycles. The lowest BCUT2D eigenvalue weighted by atomic mass is 10.2. The number of hydrazine groups is 1. The van der Waals surface area contributed by atoms with Crippen LogP contribution in [0.1, 0.15) is 16.2 Å². The lowest BCUT2D eigenvalue weighted by Gasteiger charge is -2.12. The molecular weight excluding hydrogens is 434 g/mol. The third-order valence-corrected chi connectivity index (χ3v) is 4.75. The van der Waals surface area contributed by atoms with Gasteiger partial charge in [0.25, 0.3) is 5.91 Å². The van der Waals surface area contributed by atoms with Gasteiger partial charge in [-0.3, -0.25) is 15.6 Å². The summed E-state index contributed by atoms with van der Waals surface area (Å²) in [4.78, 5) is 19.9. The Morgan fingerprint density at radius 2 is 1.81 bits per heavy atom. The molecule has 4 rings (SSSR count). The predicted molar refractivity (Wildman–Crippen MR) is 125 cm³/mol. The molecule has 3 aromatic carbocycles. The number of carbonyl (C=O) groups is 1. The van der Waals surface area contributed by atoms with Crippen molar-refractivity contribution in [1.82, 2.24) is 20.8 Å². The lowest BCUT2D eigenvalue weighted by Crippen LogP contribution is -2.43. The van der Waals surface area contributed by atoms with E-state index >= 15 is 0 Å². The summed E-state index contributed by atoms with van der Waals surface area (Å²) < 4.78 is 5.75. The van der Waals surface area contributed by atoms with Gasteiger partial charge in [-0.1, -0.05) is 29.8 Å². The Morgan fingerprint density at radius 3 is 2.58 bits per heavy atom. The number of H-pyrrole nitrogens is 1. The van der Waals surface area contributed by atoms with Crippen LogP contribution in [0.15, 0.2) is 72.8 Å². The molecule has 4 N–H and O–H groups in total. The van der Waals surface area contributed by atoms with Crippen molar-refractivity contribution in [3.05, 3.63) is 89.2 Å². The highest BCUT2D eigenvalue weighted by molar-refractivity contribution is 7.80. The standard InChI is InChI=1S/C22H18ClN5O2S/c23-15-8-11-18-19(12-15)26-20(25-18)13-30-17-9-6-14(7-10-17)21(29)27-28-22(31)24-16-4-2-1-3-5-16/h1-12H,13H2,(H,25,26)(H,27,29)(H2,24,28,31). The van der Waals surface area contributed by atoms with Crippen molar-refractivity contribution in [3.63, 3.8) is 0 Å². The van der Waals surface area contributed by atoms with Crippen molar-refractivity contribution in [2.75, 3.05) is 5.32 Å². The van der Waals surface area contributed by atoms with Gasteiger partial charge >= 0.3 is 0 Å². The van der Waals surface area contributed by atoms with Crippen molar-refractivity contribution in [1.29, 1.82) is 0 Å². The average Bonchev–Trinajstić information content (AvgIpc) is 3.19. The number of fused-ring (bicyclic) bond motifs is 1. The molecule has 0 radical (unpaired) electrons. The van der Waals surface area contributed by atoms with Gasteiger partial charge < -0.3 is 15.0 Å². The first-order chi connectivity index (χ1) is 15.1. The fourth-order valence-electron chi connectivity index (χ4n) is 2.83. The van der Waals surface area contributed by atoms with Gasteiger partial charge in [-0.05, 0) is 66.8 Å². The van der Waals surface area contributed by atoms with Crippen molar-refractivity contribution in [3.8, 4) is 5.75 Å². The largest absolute Gasteiger partial charge is 0.486 e. The van der Waals surface area contributed by atoms with Gasteiger partial charge in [-0.25, -0.2) is 4.98 Å². The van der Waals surface area contributed by atoms with Crippen LogP contribution in [0.2, 0.25) is 5.02 Å². The fourth-order valence-corrected chi connectivity index (χ4v) is 3.17. The first-order valence-electron chi connectivity index (χ1n) is 9.36. The molecular formula is C22H18ClN5O2S. The number of aromatic amines is 1. The SMILES string of the molecule is O=C(NNC(=S)Nc1ccccc1)c1ccc(OCc2nc3ccc(Cl)cc3[nH]2)cc1. The van der Waals surface area contributed by atoms with Gasteiger partial charge in [0.1, 0.15) is 18.2 Å². The minimum Gasteiger partial charge on any atom is -0.486 e. The van der Waals surface area contributed by atoms with E-state index in [-0.39, 0.29) is 17.6 Å². The van der Waals surface area contributed by atoms with Crippen molar-refractivity contribution in [2.45, 2.75) is 6.61 Å². The number of benzene rings is 3. The van der Waals surface area contributed by atoms with Crippen LogP contribution in [-0.4, -0.2) is 21.0 Å². The molecule has 1 amide bonds. The zero-order chi connectivity index (χ0) is 21.6. The second-order valence-corrected chi connectivity index (χ2v) is 7.40. The van der Waals surface area contributed by atoms with Crippen LogP contribution in [-0.2, 0) is 6.61 Å². The number of anilines is 1. The highest BCUT2D eigenvalue weighted by Crippen LogP contribution is 2.18. The Kier molecular flexibility index (Phi) is 6.30. The van der Waals surface area contributed by atoms with Gasteiger partial charge in [-0.15, -0.1) is 0 Å². The predicted octanol–water partition coefficient (Wildman–Crippen LogP) is 4.43. The molecule has 0 bridgehead atoms. The first kappa shape index (κ1) is 20.6. The molecule has 1 heterocycles. The summed E-state index contributed by atoms with van der Waals surface area (Å²) in [5.74, 6) is 0.977. The molecule has 0 atom stereocenters. The van der Waals surface area contributed by atoms with E-state index in [9.17, 15) is 4.79 Å². The number of imidazole rings is 1. The van der Waals surface area contributed by atoms with Crippen molar-refractivity contribution in [2.24, 2.45) is 0 Å². The monoisotopic (exact) mass is 451 g/mol. The highest BCUT2D eigenvalue weighted by Gasteiger charge is 2.08. The van der Waals surface area contributed by atoms with Crippen LogP contribution < -0.4 is 20.9 Å². The number of aromatic nitrogens is 2. The van der Waals surface area contributed by atoms with Gasteiger partial charge in [0.2, 0.25) is 0 Å². The third-order valence-electron chi connectivity index (χ3n) is 4.31. The Balaban J connectivity index is 1.27. The average molecular weight is 452 g/mol. The second-order valence-electron chi connectivity index (χ2n) is 6.56. The van der Waals surface area contributed by atoms with Gasteiger partial charge in [-0.2, -0.15) is 0 Å². The zero-order valence-electron chi connectivity index (χ0n) is 16.2. The van der Waals surface area contributed by atoms with E-state index < -0.39 is 0 Å². The van der Waals surface area contributed by atoms with Crippen LogP contribution in [0.3, 0.4) is 0 Å². The number of hydrogen-bond acceptors (Lipinski definition) is 4. The van der Waals surface area contributed by atoms with Crippen molar-refractivity contribution >= 4 is 51.6 Å². The normalized spacial score (nSPS) is 10.5. The number of para-hydroxylation sites is 1. The highest BCUT2D eigenvalue weighted by atomic mass is 35.5. The second kappa shape index (κ2) is 9.46. The maximum absolute atomic E-state index is 12.3. The van der Waals surface area contributed by atoms with E-state index in [0.717, 1.165) is 16.7 Å². The molecule has 0 fully saturated rings. The summed E-state index contributed by atoms with van der Waals surface area (Å²) in [6.07, 6.45) is 0. The van der Waals surface area contributed by atoms with Crippen LogP contribution in [0.25, 0.3) is 11.0 Å². The van der Waals surface area contributed by atoms with Gasteiger partial charge in [0.05, 0.1) is 11.0 Å². The summed E-state index contributed by atoms with van der Waals surface area (Å²) in [6.45, 7) is 0.263. The minimum atomic E-state index is -0.321. The Bertz CT molecular complexity index is 1210. The Morgan fingerprint density at radius 1 is 1.03 bits per heavy atom. The van der Waals surface area contributed by atoms with E-state index in [4.69, 9.17) is 28.6 Å². The summed E-state index contributed by atoms with van der Waals surface area (Å²) >= 11 is 11.2. The lowest BCUT2D eigenvalue weighted by molar-refractivity contribution is 0.0944. The third kappa shape index (κ3) is 5.50. The summed E-state index contributed by atoms with van der Waals surface area (Å²) in [7, 11) is 0. The number of amides is 1. The molecule has 7 nitrogen and oxygen atoms in total. The summed E-state index contributed by atoms with van der Waals surface area (Å²) in [5.41, 5.74) is 8.19. The quantitative estimate of drug-likeness (QED) is 0.265. The molecule has 9 heteroatoms. The van der Waals surface area contributed by atoms with E-state index in [1.165, 1.54) is 0 Å². The van der Waals surface area contributed by atoms with Crippen LogP contribution in [0.5, 0.6) is 5.75 Å². The molecule has 156 valence electrons. The molecule has 0 saturated heterocycles. The smallest absolute Gasteiger partial charge is 0.269 e. The van der Waals surface area contributed by atoms with E-state index in [1.54, 1.807) is 30.3 Å². The molecule has 31 heavy (non-hydrogen) atoms. The first-order valence-corrected chi connectivity index (χ1v) is 10.1. The van der Waals surface area contributed by atoms with E-state index in [2.05, 4.69) is 26.1 Å². The maximum atomic E-state index is 12.3. The van der Waals surface area contributed by atoms with Crippen molar-refractivity contribution < 1.29 is 9.53 Å². The molecule has 0 saturated carbocycles. The molecule has 0 unspecified atom stereocenters. The number of hydrogen-bond donors (Lipinski definition) is 4. The number of ether oxygens (including phenoxy) is 1. The molecule has 0 aliphatic carbocycles. The van der Waals surface area contributed by atoms with Crippen LogP contribution >= 0.6 is 23.8 Å². The number of thiocarbonyl (C=S) groups is 1. The van der Waals surface area contributed by atoms with Crippen LogP contribution in [0, 0.1) is 0 Å². The molecule has 0 aliphatic rings. The number of halogens is 1. The van der Waals surface area contributed by atoms with E-state index in [1.807, 2.05) is 42.5 Å². The van der Waals surface area contributed by atoms with E-state index in [0.29, 0.717) is 22.2 Å². The minimum absolute atomic E-state index is 0.263. The molecule has 1 aromatic heterocycles. The van der Waals surface area contributed by atoms with Gasteiger partial charge in [0, 0.05) is 16.3 Å². The van der Waals surface area contributed by atoms with Crippen LogP contribution in [0.4, 0.5) is 5.69 Å². The topological polar surface area (TPSA) is 91.1 Å².